The first-order valence-corrected chi connectivity index (χ1v) is 6.57. The van der Waals surface area contributed by atoms with Gasteiger partial charge in [-0.25, -0.2) is 0 Å². The number of aromatic amines is 1. The van der Waals surface area contributed by atoms with Gasteiger partial charge in [-0.2, -0.15) is 5.10 Å². The summed E-state index contributed by atoms with van der Waals surface area (Å²) in [7, 11) is 3.19. The van der Waals surface area contributed by atoms with Crippen molar-refractivity contribution in [2.75, 3.05) is 14.1 Å². The number of H-pyrrole nitrogens is 1. The standard InChI is InChI=1S/C14H17N3O5/c1-13(9-4-5-15-16-9)7-14(11(19)20,12(21)22)8(10(13)18)6-17(2)3/h4-6H,7H2,1-3H3,(H,15,16)(H,19,20)(H,21,22). The van der Waals surface area contributed by atoms with Crippen molar-refractivity contribution < 1.29 is 24.6 Å². The van der Waals surface area contributed by atoms with Crippen LogP contribution < -0.4 is 0 Å². The number of carbonyl (C=O) groups is 3. The van der Waals surface area contributed by atoms with Crippen molar-refractivity contribution in [2.45, 2.75) is 18.8 Å². The Labute approximate surface area is 126 Å². The molecule has 0 radical (unpaired) electrons. The normalized spacial score (nSPS) is 25.4. The third-order valence-electron chi connectivity index (χ3n) is 4.01. The van der Waals surface area contributed by atoms with Gasteiger partial charge in [0.1, 0.15) is 0 Å². The number of carbonyl (C=O) groups excluding carboxylic acids is 1. The molecule has 1 aliphatic carbocycles. The van der Waals surface area contributed by atoms with Crippen LogP contribution in [0.5, 0.6) is 0 Å². The second-order valence-electron chi connectivity index (χ2n) is 5.82. The van der Waals surface area contributed by atoms with Gasteiger partial charge in [-0.05, 0) is 19.4 Å². The van der Waals surface area contributed by atoms with E-state index >= 15 is 0 Å². The van der Waals surface area contributed by atoms with Crippen molar-refractivity contribution >= 4 is 17.7 Å². The molecule has 1 aromatic heterocycles. The maximum Gasteiger partial charge on any atom is 0.325 e. The Morgan fingerprint density at radius 3 is 2.36 bits per heavy atom. The lowest BCUT2D eigenvalue weighted by Gasteiger charge is -2.22. The fourth-order valence-electron chi connectivity index (χ4n) is 2.87. The van der Waals surface area contributed by atoms with Gasteiger partial charge >= 0.3 is 11.9 Å². The van der Waals surface area contributed by atoms with E-state index in [-0.39, 0.29) is 12.0 Å². The van der Waals surface area contributed by atoms with Gasteiger partial charge in [0.05, 0.1) is 11.1 Å². The van der Waals surface area contributed by atoms with Crippen molar-refractivity contribution in [1.29, 1.82) is 0 Å². The quantitative estimate of drug-likeness (QED) is 0.537. The van der Waals surface area contributed by atoms with Crippen LogP contribution in [0.25, 0.3) is 0 Å². The van der Waals surface area contributed by atoms with Crippen LogP contribution in [0.15, 0.2) is 24.0 Å². The highest BCUT2D eigenvalue weighted by Crippen LogP contribution is 2.51. The van der Waals surface area contributed by atoms with E-state index in [0.29, 0.717) is 5.69 Å². The summed E-state index contributed by atoms with van der Waals surface area (Å²) in [4.78, 5) is 37.8. The molecule has 1 atom stereocenters. The molecule has 8 heteroatoms. The van der Waals surface area contributed by atoms with Crippen molar-refractivity contribution in [3.8, 4) is 0 Å². The van der Waals surface area contributed by atoms with Crippen molar-refractivity contribution in [2.24, 2.45) is 5.41 Å². The van der Waals surface area contributed by atoms with Crippen molar-refractivity contribution in [3.63, 3.8) is 0 Å². The van der Waals surface area contributed by atoms with E-state index in [9.17, 15) is 24.6 Å². The number of rotatable bonds is 4. The minimum Gasteiger partial charge on any atom is -0.480 e. The van der Waals surface area contributed by atoms with E-state index in [1.165, 1.54) is 24.2 Å². The lowest BCUT2D eigenvalue weighted by Crippen LogP contribution is -2.40. The highest BCUT2D eigenvalue weighted by atomic mass is 16.4. The monoisotopic (exact) mass is 307 g/mol. The molecule has 0 saturated heterocycles. The van der Waals surface area contributed by atoms with Gasteiger partial charge in [-0.15, -0.1) is 0 Å². The molecule has 1 heterocycles. The Balaban J connectivity index is 2.72. The number of ketones is 1. The number of hydrogen-bond acceptors (Lipinski definition) is 5. The zero-order chi connectivity index (χ0) is 16.7. The average Bonchev–Trinajstić information content (AvgIpc) is 3.00. The van der Waals surface area contributed by atoms with E-state index < -0.39 is 28.6 Å². The highest BCUT2D eigenvalue weighted by Gasteiger charge is 2.65. The topological polar surface area (TPSA) is 124 Å². The molecular formula is C14H17N3O5. The maximum absolute atomic E-state index is 12.8. The SMILES string of the molecule is CN(C)C=C1C(=O)C(C)(c2cc[nH]n2)CC1(C(=O)O)C(=O)O. The van der Waals surface area contributed by atoms with Crippen LogP contribution in [-0.4, -0.2) is 57.1 Å². The summed E-state index contributed by atoms with van der Waals surface area (Å²) in [6.07, 6.45) is 2.39. The second kappa shape index (κ2) is 4.97. The summed E-state index contributed by atoms with van der Waals surface area (Å²) in [5.74, 6) is -3.65. The molecule has 0 spiro atoms. The Bertz CT molecular complexity index is 648. The fraction of sp³-hybridized carbons (Fsp3) is 0.429. The van der Waals surface area contributed by atoms with E-state index in [0.717, 1.165) is 0 Å². The lowest BCUT2D eigenvalue weighted by molar-refractivity contribution is -0.161. The molecule has 1 fully saturated rings. The molecule has 1 saturated carbocycles. The molecule has 0 bridgehead atoms. The Morgan fingerprint density at radius 2 is 1.95 bits per heavy atom. The predicted octanol–water partition coefficient (Wildman–Crippen LogP) is 0.241. The molecule has 0 aromatic carbocycles. The zero-order valence-electron chi connectivity index (χ0n) is 12.5. The summed E-state index contributed by atoms with van der Waals surface area (Å²) in [6, 6.07) is 1.55. The molecule has 1 aromatic rings. The largest absolute Gasteiger partial charge is 0.480 e. The fourth-order valence-corrected chi connectivity index (χ4v) is 2.87. The molecule has 22 heavy (non-hydrogen) atoms. The van der Waals surface area contributed by atoms with Gasteiger partial charge in [0.15, 0.2) is 11.2 Å². The van der Waals surface area contributed by atoms with Gasteiger partial charge in [0, 0.05) is 32.1 Å². The van der Waals surface area contributed by atoms with Gasteiger partial charge in [0.25, 0.3) is 0 Å². The summed E-state index contributed by atoms with van der Waals surface area (Å²) in [6.45, 7) is 1.52. The van der Waals surface area contributed by atoms with Gasteiger partial charge in [0.2, 0.25) is 0 Å². The van der Waals surface area contributed by atoms with E-state index in [2.05, 4.69) is 10.2 Å². The second-order valence-corrected chi connectivity index (χ2v) is 5.82. The minimum atomic E-state index is -2.28. The summed E-state index contributed by atoms with van der Waals surface area (Å²) < 4.78 is 0. The number of aromatic nitrogens is 2. The predicted molar refractivity (Wildman–Crippen MR) is 75.0 cm³/mol. The molecule has 0 amide bonds. The van der Waals surface area contributed by atoms with Gasteiger partial charge < -0.3 is 15.1 Å². The Morgan fingerprint density at radius 1 is 1.36 bits per heavy atom. The highest BCUT2D eigenvalue weighted by molar-refractivity contribution is 6.19. The number of nitrogens with zero attached hydrogens (tertiary/aromatic N) is 2. The number of aliphatic carboxylic acids is 2. The Kier molecular flexibility index (Phi) is 3.56. The molecular weight excluding hydrogens is 290 g/mol. The third-order valence-corrected chi connectivity index (χ3v) is 4.01. The van der Waals surface area contributed by atoms with Gasteiger partial charge in [-0.3, -0.25) is 19.5 Å². The molecule has 118 valence electrons. The number of carboxylic acids is 2. The molecule has 1 unspecified atom stereocenters. The average molecular weight is 307 g/mol. The van der Waals surface area contributed by atoms with Crippen LogP contribution in [0.3, 0.4) is 0 Å². The maximum atomic E-state index is 12.8. The third kappa shape index (κ3) is 1.99. The first-order valence-electron chi connectivity index (χ1n) is 6.57. The van der Waals surface area contributed by atoms with E-state index in [1.54, 1.807) is 20.2 Å². The van der Waals surface area contributed by atoms with Crippen LogP contribution in [0.1, 0.15) is 19.0 Å². The molecule has 8 nitrogen and oxygen atoms in total. The first kappa shape index (κ1) is 15.7. The van der Waals surface area contributed by atoms with Crippen LogP contribution in [0.4, 0.5) is 0 Å². The number of Topliss-reactive ketones (excluding diaryl/α,β-unsaturated/α-hetero) is 1. The van der Waals surface area contributed by atoms with Crippen LogP contribution in [0.2, 0.25) is 0 Å². The van der Waals surface area contributed by atoms with Crippen LogP contribution in [0, 0.1) is 5.41 Å². The molecule has 2 rings (SSSR count). The Hall–Kier alpha value is -2.64. The molecule has 0 aliphatic heterocycles. The summed E-state index contributed by atoms with van der Waals surface area (Å²) >= 11 is 0. The number of nitrogens with one attached hydrogen (secondary N) is 1. The smallest absolute Gasteiger partial charge is 0.325 e. The minimum absolute atomic E-state index is 0.247. The van der Waals surface area contributed by atoms with E-state index in [1.807, 2.05) is 0 Å². The van der Waals surface area contributed by atoms with Crippen LogP contribution in [-0.2, 0) is 19.8 Å². The van der Waals surface area contributed by atoms with Gasteiger partial charge in [-0.1, -0.05) is 0 Å². The zero-order valence-corrected chi connectivity index (χ0v) is 12.5. The molecule has 3 N–H and O–H groups in total. The lowest BCUT2D eigenvalue weighted by atomic mass is 9.78. The molecule has 1 aliphatic rings. The summed E-state index contributed by atoms with van der Waals surface area (Å²) in [5, 5.41) is 25.6. The first-order chi connectivity index (χ1) is 10.2. The number of hydrogen-bond donors (Lipinski definition) is 3. The van der Waals surface area contributed by atoms with Crippen molar-refractivity contribution in [3.05, 3.63) is 29.7 Å². The summed E-state index contributed by atoms with van der Waals surface area (Å²) in [5.41, 5.74) is -3.51. The number of carboxylic acid groups (broad SMARTS) is 2. The van der Waals surface area contributed by atoms with Crippen LogP contribution >= 0.6 is 0 Å². The van der Waals surface area contributed by atoms with E-state index in [4.69, 9.17) is 0 Å². The van der Waals surface area contributed by atoms with Crippen molar-refractivity contribution in [1.82, 2.24) is 15.1 Å².